The van der Waals surface area contributed by atoms with Crippen LogP contribution in [-0.2, 0) is 6.54 Å². The van der Waals surface area contributed by atoms with Crippen molar-refractivity contribution in [2.75, 3.05) is 0 Å². The van der Waals surface area contributed by atoms with Crippen molar-refractivity contribution in [2.24, 2.45) is 5.73 Å². The highest BCUT2D eigenvalue weighted by atomic mass is 32.2. The Morgan fingerprint density at radius 2 is 2.00 bits per heavy atom. The molecule has 0 aliphatic rings. The zero-order valence-electron chi connectivity index (χ0n) is 10.1. The van der Waals surface area contributed by atoms with E-state index in [1.807, 2.05) is 6.07 Å². The summed E-state index contributed by atoms with van der Waals surface area (Å²) >= 11 is 1.72. The summed E-state index contributed by atoms with van der Waals surface area (Å²) in [6.45, 7) is 4.74. The molecule has 0 saturated carbocycles. The van der Waals surface area contributed by atoms with Crippen LogP contribution in [0.2, 0.25) is 0 Å². The number of nitrogens with zero attached hydrogens (tertiary/aromatic N) is 1. The summed E-state index contributed by atoms with van der Waals surface area (Å²) in [4.78, 5) is 6.66. The number of rotatable bonds is 3. The lowest BCUT2D eigenvalue weighted by Crippen LogP contribution is -2.00. The lowest BCUT2D eigenvalue weighted by molar-refractivity contribution is 0.943. The number of nitrogens with two attached hydrogens (primary N) is 1. The van der Waals surface area contributed by atoms with Gasteiger partial charge in [0.25, 0.3) is 0 Å². The van der Waals surface area contributed by atoms with E-state index >= 15 is 0 Å². The number of aromatic nitrogens is 1. The van der Waals surface area contributed by atoms with E-state index in [1.165, 1.54) is 16.0 Å². The monoisotopic (exact) mass is 244 g/mol. The summed E-state index contributed by atoms with van der Waals surface area (Å²) in [5, 5.41) is 0. The third kappa shape index (κ3) is 2.87. The molecule has 0 radical (unpaired) electrons. The smallest absolute Gasteiger partial charge is 0.0678 e. The summed E-state index contributed by atoms with van der Waals surface area (Å²) in [5.41, 5.74) is 9.27. The van der Waals surface area contributed by atoms with Gasteiger partial charge in [0.1, 0.15) is 0 Å². The van der Waals surface area contributed by atoms with Crippen LogP contribution >= 0.6 is 11.8 Å². The molecule has 3 heteroatoms. The molecule has 0 aliphatic carbocycles. The second-order valence-corrected chi connectivity index (χ2v) is 5.12. The van der Waals surface area contributed by atoms with Crippen LogP contribution in [0, 0.1) is 13.8 Å². The number of benzene rings is 1. The molecule has 0 atom stereocenters. The van der Waals surface area contributed by atoms with Gasteiger partial charge >= 0.3 is 0 Å². The standard InChI is InChI=1S/C14H16N2S/c1-10-5-6-12(8-11(10)2)17-14-4-3-7-16-13(14)9-15/h3-8H,9,15H2,1-2H3. The molecule has 2 N–H and O–H groups in total. The van der Waals surface area contributed by atoms with Crippen LogP contribution in [0.3, 0.4) is 0 Å². The molecule has 0 unspecified atom stereocenters. The molecule has 0 bridgehead atoms. The molecule has 0 fully saturated rings. The molecule has 17 heavy (non-hydrogen) atoms. The van der Waals surface area contributed by atoms with Crippen LogP contribution in [0.25, 0.3) is 0 Å². The minimum absolute atomic E-state index is 0.480. The zero-order valence-corrected chi connectivity index (χ0v) is 10.9. The minimum Gasteiger partial charge on any atom is -0.325 e. The Morgan fingerprint density at radius 1 is 1.18 bits per heavy atom. The Morgan fingerprint density at radius 3 is 2.71 bits per heavy atom. The van der Waals surface area contributed by atoms with Crippen molar-refractivity contribution in [1.29, 1.82) is 0 Å². The molecule has 1 aromatic heterocycles. The predicted molar refractivity (Wildman–Crippen MR) is 72.2 cm³/mol. The molecule has 2 nitrogen and oxygen atoms in total. The molecular formula is C14H16N2S. The van der Waals surface area contributed by atoms with Crippen LogP contribution < -0.4 is 5.73 Å². The largest absolute Gasteiger partial charge is 0.325 e. The molecule has 88 valence electrons. The summed E-state index contributed by atoms with van der Waals surface area (Å²) in [6.07, 6.45) is 1.78. The first-order chi connectivity index (χ1) is 8.20. The van der Waals surface area contributed by atoms with Gasteiger partial charge in [0.05, 0.1) is 5.69 Å². The fraction of sp³-hybridized carbons (Fsp3) is 0.214. The molecule has 0 aliphatic heterocycles. The first-order valence-corrected chi connectivity index (χ1v) is 6.41. The zero-order chi connectivity index (χ0) is 12.3. The van der Waals surface area contributed by atoms with Gasteiger partial charge in [-0.15, -0.1) is 0 Å². The van der Waals surface area contributed by atoms with Crippen molar-refractivity contribution in [2.45, 2.75) is 30.2 Å². The maximum absolute atomic E-state index is 5.68. The maximum Gasteiger partial charge on any atom is 0.0678 e. The van der Waals surface area contributed by atoms with E-state index in [0.717, 1.165) is 10.6 Å². The molecule has 2 aromatic rings. The fourth-order valence-corrected chi connectivity index (χ4v) is 2.60. The number of aryl methyl sites for hydroxylation is 2. The Labute approximate surface area is 106 Å². The van der Waals surface area contributed by atoms with Gasteiger partial charge in [0.15, 0.2) is 0 Å². The van der Waals surface area contributed by atoms with Gasteiger partial charge in [-0.25, -0.2) is 0 Å². The molecule has 2 rings (SSSR count). The topological polar surface area (TPSA) is 38.9 Å². The van der Waals surface area contributed by atoms with Gasteiger partial charge in [0.2, 0.25) is 0 Å². The van der Waals surface area contributed by atoms with Gasteiger partial charge in [-0.05, 0) is 49.2 Å². The van der Waals surface area contributed by atoms with Crippen molar-refractivity contribution >= 4 is 11.8 Å². The molecule has 0 amide bonds. The third-order valence-electron chi connectivity index (χ3n) is 2.75. The fourth-order valence-electron chi connectivity index (χ4n) is 1.57. The van der Waals surface area contributed by atoms with E-state index in [4.69, 9.17) is 5.73 Å². The van der Waals surface area contributed by atoms with Crippen LogP contribution in [0.1, 0.15) is 16.8 Å². The second-order valence-electron chi connectivity index (χ2n) is 4.00. The van der Waals surface area contributed by atoms with Crippen LogP contribution in [0.5, 0.6) is 0 Å². The lowest BCUT2D eigenvalue weighted by atomic mass is 10.1. The molecule has 1 aromatic carbocycles. The number of hydrogen-bond donors (Lipinski definition) is 1. The van der Waals surface area contributed by atoms with Crippen LogP contribution in [0.4, 0.5) is 0 Å². The van der Waals surface area contributed by atoms with Crippen molar-refractivity contribution in [1.82, 2.24) is 4.98 Å². The van der Waals surface area contributed by atoms with E-state index in [9.17, 15) is 0 Å². The first-order valence-electron chi connectivity index (χ1n) is 5.60. The van der Waals surface area contributed by atoms with E-state index in [0.29, 0.717) is 6.54 Å². The third-order valence-corrected chi connectivity index (χ3v) is 3.83. The molecule has 0 spiro atoms. The van der Waals surface area contributed by atoms with Gasteiger partial charge in [-0.3, -0.25) is 4.98 Å². The Hall–Kier alpha value is -1.32. The van der Waals surface area contributed by atoms with Crippen LogP contribution in [-0.4, -0.2) is 4.98 Å². The van der Waals surface area contributed by atoms with E-state index in [1.54, 1.807) is 18.0 Å². The van der Waals surface area contributed by atoms with Gasteiger partial charge in [-0.1, -0.05) is 17.8 Å². The number of hydrogen-bond acceptors (Lipinski definition) is 3. The van der Waals surface area contributed by atoms with Crippen molar-refractivity contribution in [3.63, 3.8) is 0 Å². The van der Waals surface area contributed by atoms with Crippen LogP contribution in [0.15, 0.2) is 46.3 Å². The van der Waals surface area contributed by atoms with E-state index < -0.39 is 0 Å². The molecular weight excluding hydrogens is 228 g/mol. The highest BCUT2D eigenvalue weighted by molar-refractivity contribution is 7.99. The quantitative estimate of drug-likeness (QED) is 0.900. The molecule has 0 saturated heterocycles. The highest BCUT2D eigenvalue weighted by Gasteiger charge is 2.04. The predicted octanol–water partition coefficient (Wildman–Crippen LogP) is 3.31. The summed E-state index contributed by atoms with van der Waals surface area (Å²) in [6, 6.07) is 10.5. The number of pyridine rings is 1. The Balaban J connectivity index is 2.28. The molecule has 1 heterocycles. The Bertz CT molecular complexity index is 523. The normalized spacial score (nSPS) is 10.5. The van der Waals surface area contributed by atoms with Crippen molar-refractivity contribution in [3.8, 4) is 0 Å². The van der Waals surface area contributed by atoms with Gasteiger partial charge in [-0.2, -0.15) is 0 Å². The summed E-state index contributed by atoms with van der Waals surface area (Å²) in [5.74, 6) is 0. The average Bonchev–Trinajstić information content (AvgIpc) is 2.34. The maximum atomic E-state index is 5.68. The summed E-state index contributed by atoms with van der Waals surface area (Å²) in [7, 11) is 0. The average molecular weight is 244 g/mol. The lowest BCUT2D eigenvalue weighted by Gasteiger charge is -2.07. The van der Waals surface area contributed by atoms with Crippen molar-refractivity contribution in [3.05, 3.63) is 53.3 Å². The second kappa shape index (κ2) is 5.34. The SMILES string of the molecule is Cc1ccc(Sc2cccnc2CN)cc1C. The highest BCUT2D eigenvalue weighted by Crippen LogP contribution is 2.30. The van der Waals surface area contributed by atoms with Gasteiger partial charge < -0.3 is 5.73 Å². The van der Waals surface area contributed by atoms with Crippen molar-refractivity contribution < 1.29 is 0 Å². The summed E-state index contributed by atoms with van der Waals surface area (Å²) < 4.78 is 0. The minimum atomic E-state index is 0.480. The Kier molecular flexibility index (Phi) is 3.82. The van der Waals surface area contributed by atoms with Gasteiger partial charge in [0, 0.05) is 22.5 Å². The van der Waals surface area contributed by atoms with E-state index in [-0.39, 0.29) is 0 Å². The first kappa shape index (κ1) is 12.1. The van der Waals surface area contributed by atoms with E-state index in [2.05, 4.69) is 43.1 Å².